The Balaban J connectivity index is 0.00000208. The van der Waals surface area contributed by atoms with Gasteiger partial charge in [-0.15, -0.1) is 12.4 Å². The molecular weight excluding hydrogens is 326 g/mol. The van der Waals surface area contributed by atoms with Crippen LogP contribution >= 0.6 is 12.4 Å². The molecule has 1 aromatic rings. The van der Waals surface area contributed by atoms with Gasteiger partial charge in [-0.3, -0.25) is 4.79 Å². The van der Waals surface area contributed by atoms with E-state index in [1.165, 1.54) is 0 Å². The Morgan fingerprint density at radius 3 is 2.33 bits per heavy atom. The van der Waals surface area contributed by atoms with Gasteiger partial charge in [0.1, 0.15) is 0 Å². The topological polar surface area (TPSA) is 64.8 Å². The fourth-order valence-corrected chi connectivity index (χ4v) is 3.01. The van der Waals surface area contributed by atoms with Gasteiger partial charge in [-0.2, -0.15) is 0 Å². The number of rotatable bonds is 2. The second-order valence-corrected chi connectivity index (χ2v) is 7.48. The number of hydrogen-bond donors (Lipinski definition) is 1. The van der Waals surface area contributed by atoms with E-state index in [0.29, 0.717) is 18.7 Å². The van der Waals surface area contributed by atoms with E-state index in [9.17, 15) is 4.79 Å². The number of halogens is 1. The fourth-order valence-electron chi connectivity index (χ4n) is 3.01. The van der Waals surface area contributed by atoms with E-state index in [1.54, 1.807) is 0 Å². The number of nitrogens with two attached hydrogens (primary N) is 1. The molecule has 1 aromatic carbocycles. The third-order valence-corrected chi connectivity index (χ3v) is 5.21. The van der Waals surface area contributed by atoms with Crippen LogP contribution in [0.1, 0.15) is 44.5 Å². The van der Waals surface area contributed by atoms with E-state index < -0.39 is 18.3 Å². The molecule has 0 radical (unpaired) electrons. The van der Waals surface area contributed by atoms with Crippen molar-refractivity contribution in [3.8, 4) is 0 Å². The van der Waals surface area contributed by atoms with E-state index in [0.717, 1.165) is 11.9 Å². The van der Waals surface area contributed by atoms with Crippen LogP contribution in [-0.2, 0) is 9.31 Å². The van der Waals surface area contributed by atoms with Gasteiger partial charge in [-0.05, 0) is 45.6 Å². The molecule has 2 fully saturated rings. The van der Waals surface area contributed by atoms with Crippen molar-refractivity contribution in [1.82, 2.24) is 4.90 Å². The second kappa shape index (κ2) is 6.67. The quantitative estimate of drug-likeness (QED) is 0.821. The zero-order chi connectivity index (χ0) is 16.8. The maximum Gasteiger partial charge on any atom is 0.495 e. The Labute approximate surface area is 150 Å². The summed E-state index contributed by atoms with van der Waals surface area (Å²) in [6.07, 6.45) is 0.852. The molecule has 2 aliphatic rings. The van der Waals surface area contributed by atoms with Crippen molar-refractivity contribution in [2.24, 2.45) is 5.73 Å². The maximum atomic E-state index is 12.9. The largest absolute Gasteiger partial charge is 0.495 e. The molecule has 2 aliphatic heterocycles. The number of hydrogen-bond acceptors (Lipinski definition) is 4. The first-order valence-electron chi connectivity index (χ1n) is 8.21. The van der Waals surface area contributed by atoms with Crippen molar-refractivity contribution < 1.29 is 14.1 Å². The Kier molecular flexibility index (Phi) is 5.35. The minimum absolute atomic E-state index is 0. The highest BCUT2D eigenvalue weighted by Crippen LogP contribution is 2.36. The van der Waals surface area contributed by atoms with E-state index in [1.807, 2.05) is 56.9 Å². The number of carbonyl (C=O) groups excluding carboxylic acids is 1. The molecule has 2 heterocycles. The molecule has 0 bridgehead atoms. The summed E-state index contributed by atoms with van der Waals surface area (Å²) >= 11 is 0. The smallest absolute Gasteiger partial charge is 0.399 e. The highest BCUT2D eigenvalue weighted by atomic mass is 35.5. The molecule has 24 heavy (non-hydrogen) atoms. The van der Waals surface area contributed by atoms with Gasteiger partial charge in [-0.25, -0.2) is 0 Å². The van der Waals surface area contributed by atoms with E-state index in [2.05, 4.69) is 0 Å². The minimum atomic E-state index is -0.531. The molecule has 5 nitrogen and oxygen atoms in total. The molecule has 0 aliphatic carbocycles. The normalized spacial score (nSPS) is 24.8. The van der Waals surface area contributed by atoms with Gasteiger partial charge in [-0.1, -0.05) is 18.2 Å². The molecule has 1 unspecified atom stereocenters. The lowest BCUT2D eigenvalue weighted by Gasteiger charge is -2.32. The predicted octanol–water partition coefficient (Wildman–Crippen LogP) is 1.58. The van der Waals surface area contributed by atoms with Crippen LogP contribution in [0.5, 0.6) is 0 Å². The zero-order valence-electron chi connectivity index (χ0n) is 14.7. The van der Waals surface area contributed by atoms with Crippen LogP contribution in [-0.4, -0.2) is 48.3 Å². The molecule has 2 N–H and O–H groups in total. The van der Waals surface area contributed by atoms with Gasteiger partial charge in [0, 0.05) is 24.7 Å². The van der Waals surface area contributed by atoms with Gasteiger partial charge < -0.3 is 19.9 Å². The third-order valence-electron chi connectivity index (χ3n) is 5.21. The Hall–Kier alpha value is -1.08. The van der Waals surface area contributed by atoms with Crippen LogP contribution in [0, 0.1) is 0 Å². The van der Waals surface area contributed by atoms with Crippen molar-refractivity contribution in [2.45, 2.75) is 51.4 Å². The van der Waals surface area contributed by atoms with Crippen LogP contribution in [0.2, 0.25) is 0 Å². The first-order valence-corrected chi connectivity index (χ1v) is 8.21. The highest BCUT2D eigenvalue weighted by Gasteiger charge is 2.52. The number of benzene rings is 1. The SMILES string of the molecule is CC1(C)OB(c2ccccc2C(=O)N2CCC(N)C2)OC1(C)C.Cl. The molecule has 0 saturated carbocycles. The molecule has 2 saturated heterocycles. The van der Waals surface area contributed by atoms with Crippen LogP contribution in [0.25, 0.3) is 0 Å². The van der Waals surface area contributed by atoms with Crippen LogP contribution < -0.4 is 11.2 Å². The minimum Gasteiger partial charge on any atom is -0.399 e. The average molecular weight is 353 g/mol. The Bertz CT molecular complexity index is 608. The summed E-state index contributed by atoms with van der Waals surface area (Å²) in [5.41, 5.74) is 6.50. The van der Waals surface area contributed by atoms with Crippen LogP contribution in [0.3, 0.4) is 0 Å². The summed E-state index contributed by atoms with van der Waals surface area (Å²) in [5.74, 6) is 0.00302. The lowest BCUT2D eigenvalue weighted by atomic mass is 9.75. The Morgan fingerprint density at radius 1 is 1.21 bits per heavy atom. The van der Waals surface area contributed by atoms with Crippen molar-refractivity contribution in [3.05, 3.63) is 29.8 Å². The Morgan fingerprint density at radius 2 is 1.79 bits per heavy atom. The lowest BCUT2D eigenvalue weighted by molar-refractivity contribution is 0.00578. The zero-order valence-corrected chi connectivity index (χ0v) is 15.6. The first kappa shape index (κ1) is 19.3. The lowest BCUT2D eigenvalue weighted by Crippen LogP contribution is -2.41. The van der Waals surface area contributed by atoms with Crippen molar-refractivity contribution in [3.63, 3.8) is 0 Å². The number of carbonyl (C=O) groups is 1. The van der Waals surface area contributed by atoms with Crippen molar-refractivity contribution >= 4 is 30.9 Å². The van der Waals surface area contributed by atoms with Crippen LogP contribution in [0.15, 0.2) is 24.3 Å². The predicted molar refractivity (Wildman–Crippen MR) is 97.9 cm³/mol. The van der Waals surface area contributed by atoms with E-state index in [4.69, 9.17) is 15.0 Å². The summed E-state index contributed by atoms with van der Waals surface area (Å²) in [6, 6.07) is 7.60. The number of amides is 1. The fraction of sp³-hybridized carbons (Fsp3) is 0.588. The molecule has 1 atom stereocenters. The highest BCUT2D eigenvalue weighted by molar-refractivity contribution is 6.63. The third kappa shape index (κ3) is 3.33. The second-order valence-electron chi connectivity index (χ2n) is 7.48. The van der Waals surface area contributed by atoms with Crippen molar-refractivity contribution in [1.29, 1.82) is 0 Å². The summed E-state index contributed by atoms with van der Waals surface area (Å²) in [7, 11) is -0.531. The van der Waals surface area contributed by atoms with Gasteiger partial charge in [0.2, 0.25) is 0 Å². The summed E-state index contributed by atoms with van der Waals surface area (Å²) in [6.45, 7) is 9.36. The summed E-state index contributed by atoms with van der Waals surface area (Å²) < 4.78 is 12.2. The average Bonchev–Trinajstić information content (AvgIpc) is 3.00. The number of nitrogens with zero attached hydrogens (tertiary/aromatic N) is 1. The molecule has 132 valence electrons. The summed E-state index contributed by atoms with van der Waals surface area (Å²) in [5, 5.41) is 0. The van der Waals surface area contributed by atoms with Crippen molar-refractivity contribution in [2.75, 3.05) is 13.1 Å². The van der Waals surface area contributed by atoms with Gasteiger partial charge in [0.05, 0.1) is 11.2 Å². The standard InChI is InChI=1S/C17H25BN2O3.ClH/c1-16(2)17(3,4)23-18(22-16)14-8-6-5-7-13(14)15(21)20-10-9-12(19)11-20;/h5-8,12H,9-11,19H2,1-4H3;1H. The molecule has 7 heteroatoms. The van der Waals surface area contributed by atoms with Gasteiger partial charge >= 0.3 is 7.12 Å². The molecule has 0 aromatic heterocycles. The maximum absolute atomic E-state index is 12.9. The number of likely N-dealkylation sites (tertiary alicyclic amines) is 1. The first-order chi connectivity index (χ1) is 10.7. The monoisotopic (exact) mass is 352 g/mol. The van der Waals surface area contributed by atoms with Gasteiger partial charge in [0.15, 0.2) is 0 Å². The van der Waals surface area contributed by atoms with E-state index in [-0.39, 0.29) is 24.4 Å². The van der Waals surface area contributed by atoms with Gasteiger partial charge in [0.25, 0.3) is 5.91 Å². The van der Waals surface area contributed by atoms with Crippen LogP contribution in [0.4, 0.5) is 0 Å². The van der Waals surface area contributed by atoms with E-state index >= 15 is 0 Å². The molecular formula is C17H26BClN2O3. The molecule has 3 rings (SSSR count). The molecule has 1 amide bonds. The molecule has 0 spiro atoms. The summed E-state index contributed by atoms with van der Waals surface area (Å²) in [4.78, 5) is 14.7.